The van der Waals surface area contributed by atoms with Crippen LogP contribution in [0.2, 0.25) is 0 Å². The van der Waals surface area contributed by atoms with Crippen LogP contribution in [0, 0.1) is 6.07 Å². The summed E-state index contributed by atoms with van der Waals surface area (Å²) in [5.41, 5.74) is 1.58. The number of rotatable bonds is 1. The molecular formula is C16H8NO2S. The number of aromatic nitrogens is 1. The van der Waals surface area contributed by atoms with E-state index in [1.54, 1.807) is 12.1 Å². The normalized spacial score (nSPS) is 11.2. The van der Waals surface area contributed by atoms with Gasteiger partial charge in [0.15, 0.2) is 0 Å². The average Bonchev–Trinajstić information content (AvgIpc) is 2.90. The Hall–Kier alpha value is -2.46. The minimum atomic E-state index is -0.365. The van der Waals surface area contributed by atoms with Crippen LogP contribution in [0.5, 0.6) is 0 Å². The van der Waals surface area contributed by atoms with Gasteiger partial charge in [0.25, 0.3) is 0 Å². The van der Waals surface area contributed by atoms with E-state index in [-0.39, 0.29) is 5.63 Å². The molecule has 4 heteroatoms. The van der Waals surface area contributed by atoms with Crippen LogP contribution in [-0.4, -0.2) is 4.98 Å². The predicted octanol–water partition coefficient (Wildman–Crippen LogP) is 3.87. The first-order valence-corrected chi connectivity index (χ1v) is 6.93. The molecule has 4 rings (SSSR count). The molecule has 0 unspecified atom stereocenters. The topological polar surface area (TPSA) is 43.1 Å². The van der Waals surface area contributed by atoms with Crippen LogP contribution in [-0.2, 0) is 0 Å². The van der Waals surface area contributed by atoms with Gasteiger partial charge in [-0.15, -0.1) is 11.3 Å². The summed E-state index contributed by atoms with van der Waals surface area (Å²) >= 11 is 1.49. The summed E-state index contributed by atoms with van der Waals surface area (Å²) in [6.45, 7) is 0. The third kappa shape index (κ3) is 1.73. The monoisotopic (exact) mass is 278 g/mol. The molecule has 0 aliphatic carbocycles. The SMILES string of the molecule is O=c1oc2c[c]ccc2cc1-c1nc2ccccc2s1. The molecule has 2 aromatic carbocycles. The highest BCUT2D eigenvalue weighted by Crippen LogP contribution is 2.29. The summed E-state index contributed by atoms with van der Waals surface area (Å²) in [6.07, 6.45) is 0. The predicted molar refractivity (Wildman–Crippen MR) is 79.9 cm³/mol. The molecule has 0 aliphatic heterocycles. The van der Waals surface area contributed by atoms with Crippen molar-refractivity contribution in [1.82, 2.24) is 4.98 Å². The van der Waals surface area contributed by atoms with Gasteiger partial charge in [-0.25, -0.2) is 9.78 Å². The first kappa shape index (κ1) is 11.4. The number of hydrogen-bond donors (Lipinski definition) is 0. The Bertz CT molecular complexity index is 951. The number of fused-ring (bicyclic) bond motifs is 2. The second-order valence-corrected chi connectivity index (χ2v) is 5.43. The summed E-state index contributed by atoms with van der Waals surface area (Å²) < 4.78 is 6.38. The summed E-state index contributed by atoms with van der Waals surface area (Å²) in [7, 11) is 0. The molecule has 2 aromatic heterocycles. The fourth-order valence-corrected chi connectivity index (χ4v) is 3.11. The third-order valence-electron chi connectivity index (χ3n) is 3.10. The Morgan fingerprint density at radius 1 is 1.20 bits per heavy atom. The Morgan fingerprint density at radius 2 is 2.10 bits per heavy atom. The molecule has 0 fully saturated rings. The molecule has 0 spiro atoms. The molecule has 0 saturated carbocycles. The van der Waals surface area contributed by atoms with Crippen LogP contribution >= 0.6 is 11.3 Å². The van der Waals surface area contributed by atoms with Crippen molar-refractivity contribution in [2.24, 2.45) is 0 Å². The zero-order chi connectivity index (χ0) is 13.5. The third-order valence-corrected chi connectivity index (χ3v) is 4.17. The first-order chi connectivity index (χ1) is 9.81. The number of hydrogen-bond acceptors (Lipinski definition) is 4. The van der Waals surface area contributed by atoms with E-state index >= 15 is 0 Å². The van der Waals surface area contributed by atoms with Crippen molar-refractivity contribution in [3.05, 3.63) is 65.0 Å². The van der Waals surface area contributed by atoms with E-state index in [1.165, 1.54) is 11.3 Å². The van der Waals surface area contributed by atoms with Crippen LogP contribution in [0.15, 0.2) is 57.7 Å². The van der Waals surface area contributed by atoms with Crippen LogP contribution in [0.25, 0.3) is 31.8 Å². The highest BCUT2D eigenvalue weighted by atomic mass is 32.1. The fraction of sp³-hybridized carbons (Fsp3) is 0. The molecule has 95 valence electrons. The molecular weight excluding hydrogens is 270 g/mol. The zero-order valence-electron chi connectivity index (χ0n) is 10.3. The van der Waals surface area contributed by atoms with Crippen LogP contribution < -0.4 is 5.63 Å². The lowest BCUT2D eigenvalue weighted by molar-refractivity contribution is 0.563. The Morgan fingerprint density at radius 3 is 3.00 bits per heavy atom. The van der Waals surface area contributed by atoms with Gasteiger partial charge in [0.05, 0.1) is 15.8 Å². The van der Waals surface area contributed by atoms with Crippen molar-refractivity contribution in [3.63, 3.8) is 0 Å². The Balaban J connectivity index is 2.01. The lowest BCUT2D eigenvalue weighted by atomic mass is 10.2. The minimum absolute atomic E-state index is 0.365. The van der Waals surface area contributed by atoms with Gasteiger partial charge in [0, 0.05) is 5.39 Å². The van der Waals surface area contributed by atoms with Crippen molar-refractivity contribution in [3.8, 4) is 10.6 Å². The van der Waals surface area contributed by atoms with Crippen LogP contribution in [0.1, 0.15) is 0 Å². The second-order valence-electron chi connectivity index (χ2n) is 4.40. The van der Waals surface area contributed by atoms with Gasteiger partial charge in [-0.1, -0.05) is 24.3 Å². The minimum Gasteiger partial charge on any atom is -0.422 e. The van der Waals surface area contributed by atoms with Crippen molar-refractivity contribution in [2.45, 2.75) is 0 Å². The molecule has 3 nitrogen and oxygen atoms in total. The Kier molecular flexibility index (Phi) is 2.44. The maximum absolute atomic E-state index is 12.1. The van der Waals surface area contributed by atoms with E-state index in [9.17, 15) is 4.79 Å². The molecule has 4 aromatic rings. The zero-order valence-corrected chi connectivity index (χ0v) is 11.1. The van der Waals surface area contributed by atoms with Gasteiger partial charge in [-0.05, 0) is 30.3 Å². The molecule has 0 bridgehead atoms. The van der Waals surface area contributed by atoms with Gasteiger partial charge in [-0.3, -0.25) is 0 Å². The summed E-state index contributed by atoms with van der Waals surface area (Å²) in [5, 5.41) is 1.56. The standard InChI is InChI=1S/C16H8NO2S/c18-16-11(9-10-5-1-3-7-13(10)19-16)15-17-12-6-2-4-8-14(12)20-15/h1-2,4-9H. The van der Waals surface area contributed by atoms with Gasteiger partial charge in [0.1, 0.15) is 10.6 Å². The first-order valence-electron chi connectivity index (χ1n) is 6.11. The number of para-hydroxylation sites is 1. The van der Waals surface area contributed by atoms with Gasteiger partial charge in [0.2, 0.25) is 0 Å². The summed E-state index contributed by atoms with van der Waals surface area (Å²) in [5.74, 6) is 0. The van der Waals surface area contributed by atoms with Crippen molar-refractivity contribution in [1.29, 1.82) is 0 Å². The largest absolute Gasteiger partial charge is 0.422 e. The summed E-state index contributed by atoms with van der Waals surface area (Å²) in [6, 6.07) is 17.9. The molecule has 20 heavy (non-hydrogen) atoms. The molecule has 0 aliphatic rings. The number of nitrogens with zero attached hydrogens (tertiary/aromatic N) is 1. The maximum atomic E-state index is 12.1. The highest BCUT2D eigenvalue weighted by molar-refractivity contribution is 7.21. The fourth-order valence-electron chi connectivity index (χ4n) is 2.14. The molecule has 0 amide bonds. The Labute approximate surface area is 118 Å². The lowest BCUT2D eigenvalue weighted by Gasteiger charge is -1.98. The van der Waals surface area contributed by atoms with Crippen molar-refractivity contribution in [2.75, 3.05) is 0 Å². The highest BCUT2D eigenvalue weighted by Gasteiger charge is 2.12. The number of thiazole rings is 1. The van der Waals surface area contributed by atoms with Gasteiger partial charge in [-0.2, -0.15) is 0 Å². The molecule has 0 N–H and O–H groups in total. The van der Waals surface area contributed by atoms with E-state index in [2.05, 4.69) is 11.1 Å². The van der Waals surface area contributed by atoms with Gasteiger partial charge >= 0.3 is 5.63 Å². The van der Waals surface area contributed by atoms with Crippen LogP contribution in [0.3, 0.4) is 0 Å². The quantitative estimate of drug-likeness (QED) is 0.496. The van der Waals surface area contributed by atoms with E-state index < -0.39 is 0 Å². The van der Waals surface area contributed by atoms with Crippen LogP contribution in [0.4, 0.5) is 0 Å². The van der Waals surface area contributed by atoms with E-state index in [1.807, 2.05) is 36.4 Å². The molecule has 2 heterocycles. The summed E-state index contributed by atoms with van der Waals surface area (Å²) in [4.78, 5) is 16.6. The second kappa shape index (κ2) is 4.28. The van der Waals surface area contributed by atoms with Crippen molar-refractivity contribution < 1.29 is 4.42 Å². The smallest absolute Gasteiger partial charge is 0.346 e. The average molecular weight is 278 g/mol. The van der Waals surface area contributed by atoms with E-state index in [4.69, 9.17) is 4.42 Å². The molecule has 0 atom stereocenters. The van der Waals surface area contributed by atoms with Crippen molar-refractivity contribution >= 4 is 32.5 Å². The van der Waals surface area contributed by atoms with E-state index in [0.717, 1.165) is 15.6 Å². The van der Waals surface area contributed by atoms with E-state index in [0.29, 0.717) is 16.2 Å². The van der Waals surface area contributed by atoms with Gasteiger partial charge < -0.3 is 4.42 Å². The molecule has 0 saturated heterocycles. The lowest BCUT2D eigenvalue weighted by Crippen LogP contribution is -2.02. The molecule has 1 radical (unpaired) electrons. The number of benzene rings is 2. The maximum Gasteiger partial charge on any atom is 0.346 e.